The van der Waals surface area contributed by atoms with Gasteiger partial charge in [0.2, 0.25) is 0 Å². The molecule has 0 aliphatic heterocycles. The van der Waals surface area contributed by atoms with E-state index in [-0.39, 0.29) is 0 Å². The molecule has 4 aromatic rings. The minimum atomic E-state index is 0.653. The van der Waals surface area contributed by atoms with Crippen molar-refractivity contribution in [1.82, 2.24) is 9.97 Å². The third-order valence-electron chi connectivity index (χ3n) is 5.48. The Labute approximate surface area is 184 Å². The Bertz CT molecular complexity index is 1210. The summed E-state index contributed by atoms with van der Waals surface area (Å²) in [5.41, 5.74) is 3.41. The number of aryl methyl sites for hydroxylation is 2. The van der Waals surface area contributed by atoms with Gasteiger partial charge in [-0.1, -0.05) is 41.9 Å². The van der Waals surface area contributed by atoms with Gasteiger partial charge in [-0.15, -0.1) is 11.3 Å². The topological polar surface area (TPSA) is 47.0 Å². The smallest absolute Gasteiger partial charge is 0.143 e. The van der Waals surface area contributed by atoms with E-state index in [0.29, 0.717) is 11.4 Å². The summed E-state index contributed by atoms with van der Waals surface area (Å²) in [6.07, 6.45) is 5.36. The number of ether oxygens (including phenoxy) is 1. The second kappa shape index (κ2) is 8.25. The molecule has 1 aliphatic carbocycles. The number of fused-ring (bicyclic) bond motifs is 3. The summed E-state index contributed by atoms with van der Waals surface area (Å²) >= 11 is 8.08. The molecule has 0 spiro atoms. The van der Waals surface area contributed by atoms with Crippen LogP contribution in [0.15, 0.2) is 48.5 Å². The Morgan fingerprint density at radius 1 is 1.07 bits per heavy atom. The Hall–Kier alpha value is -2.63. The summed E-state index contributed by atoms with van der Waals surface area (Å²) in [4.78, 5) is 12.4. The van der Waals surface area contributed by atoms with Crippen LogP contribution in [-0.4, -0.2) is 17.1 Å². The first kappa shape index (κ1) is 19.3. The maximum absolute atomic E-state index is 6.26. The zero-order chi connectivity index (χ0) is 20.5. The highest BCUT2D eigenvalue weighted by atomic mass is 35.5. The van der Waals surface area contributed by atoms with Gasteiger partial charge in [0, 0.05) is 16.3 Å². The Morgan fingerprint density at radius 3 is 2.73 bits per heavy atom. The van der Waals surface area contributed by atoms with Gasteiger partial charge in [0.15, 0.2) is 0 Å². The minimum absolute atomic E-state index is 0.653. The van der Waals surface area contributed by atoms with Crippen LogP contribution in [0.1, 0.15) is 34.7 Å². The number of nitrogens with one attached hydrogen (secondary N) is 1. The van der Waals surface area contributed by atoms with Gasteiger partial charge in [0.25, 0.3) is 0 Å². The van der Waals surface area contributed by atoms with Crippen LogP contribution < -0.4 is 10.1 Å². The van der Waals surface area contributed by atoms with E-state index in [4.69, 9.17) is 26.3 Å². The van der Waals surface area contributed by atoms with Crippen LogP contribution in [0.4, 0.5) is 11.5 Å². The van der Waals surface area contributed by atoms with Crippen molar-refractivity contribution >= 4 is 44.7 Å². The average molecular weight is 436 g/mol. The number of methoxy groups -OCH3 is 1. The summed E-state index contributed by atoms with van der Waals surface area (Å²) in [6.45, 7) is 0. The Balaban J connectivity index is 1.64. The molecule has 6 heteroatoms. The molecule has 1 aliphatic rings. The zero-order valence-electron chi connectivity index (χ0n) is 16.7. The fourth-order valence-corrected chi connectivity index (χ4v) is 5.51. The summed E-state index contributed by atoms with van der Waals surface area (Å²) in [6, 6.07) is 15.9. The lowest BCUT2D eigenvalue weighted by molar-refractivity contribution is 0.417. The van der Waals surface area contributed by atoms with Gasteiger partial charge in [-0.3, -0.25) is 0 Å². The lowest BCUT2D eigenvalue weighted by atomic mass is 9.97. The molecule has 2 aromatic heterocycles. The standard InChI is InChI=1S/C24H22ClN3OS/c1-29-19-12-11-16(25)14-18(19)26-23-22-17-9-5-6-10-20(17)30-24(22)28-21(27-23)13-15-7-3-2-4-8-15/h2-4,7-8,11-12,14H,5-6,9-10,13H2,1H3,(H,26,27,28). The van der Waals surface area contributed by atoms with E-state index in [1.165, 1.54) is 28.8 Å². The van der Waals surface area contributed by atoms with E-state index >= 15 is 0 Å². The lowest BCUT2D eigenvalue weighted by Crippen LogP contribution is -2.05. The number of hydrogen-bond donors (Lipinski definition) is 1. The molecular weight excluding hydrogens is 414 g/mol. The average Bonchev–Trinajstić information content (AvgIpc) is 3.13. The monoisotopic (exact) mass is 435 g/mol. The molecule has 0 bridgehead atoms. The Kier molecular flexibility index (Phi) is 5.32. The summed E-state index contributed by atoms with van der Waals surface area (Å²) < 4.78 is 5.54. The molecule has 0 amide bonds. The predicted octanol–water partition coefficient (Wildman–Crippen LogP) is 6.57. The van der Waals surface area contributed by atoms with Gasteiger partial charge in [-0.2, -0.15) is 0 Å². The van der Waals surface area contributed by atoms with Crippen molar-refractivity contribution < 1.29 is 4.74 Å². The molecule has 0 saturated heterocycles. The van der Waals surface area contributed by atoms with Crippen LogP contribution in [0, 0.1) is 0 Å². The van der Waals surface area contributed by atoms with E-state index in [2.05, 4.69) is 17.4 Å². The van der Waals surface area contributed by atoms with Crippen molar-refractivity contribution in [1.29, 1.82) is 0 Å². The van der Waals surface area contributed by atoms with Crippen molar-refractivity contribution in [3.05, 3.63) is 75.4 Å². The number of rotatable bonds is 5. The van der Waals surface area contributed by atoms with Crippen molar-refractivity contribution in [3.63, 3.8) is 0 Å². The number of hydrogen-bond acceptors (Lipinski definition) is 5. The van der Waals surface area contributed by atoms with Gasteiger partial charge in [-0.25, -0.2) is 9.97 Å². The molecule has 0 unspecified atom stereocenters. The summed E-state index contributed by atoms with van der Waals surface area (Å²) in [7, 11) is 1.66. The maximum atomic E-state index is 6.26. The molecule has 5 rings (SSSR count). The zero-order valence-corrected chi connectivity index (χ0v) is 18.3. The van der Waals surface area contributed by atoms with Gasteiger partial charge >= 0.3 is 0 Å². The van der Waals surface area contributed by atoms with Crippen LogP contribution in [0.25, 0.3) is 10.2 Å². The summed E-state index contributed by atoms with van der Waals surface area (Å²) in [5, 5.41) is 5.32. The van der Waals surface area contributed by atoms with Gasteiger partial charge in [0.1, 0.15) is 22.2 Å². The van der Waals surface area contributed by atoms with Crippen molar-refractivity contribution in [2.24, 2.45) is 0 Å². The first-order chi connectivity index (χ1) is 14.7. The van der Waals surface area contributed by atoms with E-state index in [1.54, 1.807) is 7.11 Å². The van der Waals surface area contributed by atoms with Gasteiger partial charge in [-0.05, 0) is 55.0 Å². The van der Waals surface area contributed by atoms with Crippen LogP contribution in [-0.2, 0) is 19.3 Å². The van der Waals surface area contributed by atoms with E-state index < -0.39 is 0 Å². The molecule has 0 radical (unpaired) electrons. The van der Waals surface area contributed by atoms with Crippen LogP contribution >= 0.6 is 22.9 Å². The van der Waals surface area contributed by atoms with Crippen LogP contribution in [0.2, 0.25) is 5.02 Å². The SMILES string of the molecule is COc1ccc(Cl)cc1Nc1nc(Cc2ccccc2)nc2sc3c(c12)CCCC3. The van der Waals surface area contributed by atoms with Crippen molar-refractivity contribution in [2.75, 3.05) is 12.4 Å². The molecule has 2 heterocycles. The highest BCUT2D eigenvalue weighted by Crippen LogP contribution is 2.40. The van der Waals surface area contributed by atoms with Crippen molar-refractivity contribution in [2.45, 2.75) is 32.1 Å². The highest BCUT2D eigenvalue weighted by Gasteiger charge is 2.22. The van der Waals surface area contributed by atoms with E-state index in [9.17, 15) is 0 Å². The third-order valence-corrected chi connectivity index (χ3v) is 6.90. The number of thiophene rings is 1. The number of halogens is 1. The largest absolute Gasteiger partial charge is 0.495 e. The lowest BCUT2D eigenvalue weighted by Gasteiger charge is -2.15. The first-order valence-electron chi connectivity index (χ1n) is 10.2. The predicted molar refractivity (Wildman–Crippen MR) is 125 cm³/mol. The maximum Gasteiger partial charge on any atom is 0.143 e. The van der Waals surface area contributed by atoms with E-state index in [0.717, 1.165) is 46.1 Å². The normalized spacial score (nSPS) is 13.3. The molecule has 2 aromatic carbocycles. The number of nitrogens with zero attached hydrogens (tertiary/aromatic N) is 2. The molecular formula is C24H22ClN3OS. The van der Waals surface area contributed by atoms with Crippen LogP contribution in [0.5, 0.6) is 5.75 Å². The second-order valence-corrected chi connectivity index (χ2v) is 9.03. The minimum Gasteiger partial charge on any atom is -0.495 e. The molecule has 1 N–H and O–H groups in total. The molecule has 152 valence electrons. The second-order valence-electron chi connectivity index (χ2n) is 7.51. The molecule has 0 fully saturated rings. The number of benzene rings is 2. The highest BCUT2D eigenvalue weighted by molar-refractivity contribution is 7.19. The quantitative estimate of drug-likeness (QED) is 0.385. The number of aromatic nitrogens is 2. The molecule has 30 heavy (non-hydrogen) atoms. The van der Waals surface area contributed by atoms with Gasteiger partial charge < -0.3 is 10.1 Å². The fourth-order valence-electron chi connectivity index (χ4n) is 4.06. The molecule has 0 atom stereocenters. The van der Waals surface area contributed by atoms with E-state index in [1.807, 2.05) is 47.7 Å². The van der Waals surface area contributed by atoms with Crippen molar-refractivity contribution in [3.8, 4) is 5.75 Å². The third kappa shape index (κ3) is 3.75. The summed E-state index contributed by atoms with van der Waals surface area (Å²) in [5.74, 6) is 2.39. The number of anilines is 2. The fraction of sp³-hybridized carbons (Fsp3) is 0.250. The molecule has 4 nitrogen and oxygen atoms in total. The Morgan fingerprint density at radius 2 is 1.90 bits per heavy atom. The molecule has 0 saturated carbocycles. The first-order valence-corrected chi connectivity index (χ1v) is 11.4. The van der Waals surface area contributed by atoms with Crippen LogP contribution in [0.3, 0.4) is 0 Å². The van der Waals surface area contributed by atoms with Gasteiger partial charge in [0.05, 0.1) is 18.2 Å².